The molecule has 0 aromatic heterocycles. The smallest absolute Gasteiger partial charge is 0.383 e. The van der Waals surface area contributed by atoms with E-state index in [1.54, 1.807) is 18.2 Å². The molecule has 2 saturated carbocycles. The van der Waals surface area contributed by atoms with Crippen molar-refractivity contribution in [3.8, 4) is 0 Å². The Labute approximate surface area is 234 Å². The van der Waals surface area contributed by atoms with Crippen LogP contribution < -0.4 is 0 Å². The van der Waals surface area contributed by atoms with Crippen molar-refractivity contribution in [2.45, 2.75) is 82.9 Å². The van der Waals surface area contributed by atoms with E-state index in [1.807, 2.05) is 13.0 Å². The van der Waals surface area contributed by atoms with Gasteiger partial charge in [0.05, 0.1) is 4.91 Å². The quantitative estimate of drug-likeness (QED) is 0.182. The summed E-state index contributed by atoms with van der Waals surface area (Å²) in [6, 6.07) is 0. The molecule has 39 heavy (non-hydrogen) atoms. The Kier molecular flexibility index (Phi) is 6.87. The molecule has 5 aliphatic carbocycles. The van der Waals surface area contributed by atoms with Crippen LogP contribution >= 0.6 is 19.3 Å². The van der Waals surface area contributed by atoms with Crippen LogP contribution in [0, 0.1) is 33.4 Å². The van der Waals surface area contributed by atoms with Gasteiger partial charge in [-0.05, 0) is 111 Å². The molecule has 0 radical (unpaired) electrons. The van der Waals surface area contributed by atoms with Gasteiger partial charge in [0.1, 0.15) is 12.5 Å². The molecule has 0 heterocycles. The van der Waals surface area contributed by atoms with Crippen molar-refractivity contribution in [3.05, 3.63) is 45.9 Å². The highest BCUT2D eigenvalue weighted by atomic mass is 127. The van der Waals surface area contributed by atoms with Crippen LogP contribution in [0.4, 0.5) is 22.0 Å². The fourth-order valence-corrected chi connectivity index (χ4v) is 11.0. The summed E-state index contributed by atoms with van der Waals surface area (Å²) >= 11 is -1.14. The van der Waals surface area contributed by atoms with Crippen LogP contribution in [0.25, 0.3) is 0 Å². The number of carbonyl (C=O) groups is 1. The zero-order valence-corrected chi connectivity index (χ0v) is 24.8. The van der Waals surface area contributed by atoms with Gasteiger partial charge in [0, 0.05) is 11.8 Å². The molecule has 5 aliphatic rings. The number of rotatable bonds is 4. The minimum absolute atomic E-state index is 0.0306. The zero-order chi connectivity index (χ0) is 28.8. The summed E-state index contributed by atoms with van der Waals surface area (Å²) in [6.45, 7) is 0.351. The molecule has 0 aromatic rings. The summed E-state index contributed by atoms with van der Waals surface area (Å²) in [6.07, 6.45) is 2.54. The fourth-order valence-electron chi connectivity index (χ4n) is 8.25. The summed E-state index contributed by atoms with van der Waals surface area (Å²) in [4.78, 5) is 12.6. The van der Waals surface area contributed by atoms with Gasteiger partial charge in [-0.1, -0.05) is 36.1 Å². The van der Waals surface area contributed by atoms with E-state index >= 15 is 8.78 Å². The Morgan fingerprint density at radius 1 is 1.15 bits per heavy atom. The molecule has 0 amide bonds. The van der Waals surface area contributed by atoms with Gasteiger partial charge in [0.25, 0.3) is 0 Å². The molecular weight excluding hydrogens is 652 g/mol. The summed E-state index contributed by atoms with van der Waals surface area (Å²) in [5.74, 6) is -6.56. The van der Waals surface area contributed by atoms with Crippen molar-refractivity contribution in [2.75, 3.05) is 0 Å². The number of hydrogen-bond donors (Lipinski definition) is 2. The van der Waals surface area contributed by atoms with Gasteiger partial charge in [-0.2, -0.15) is 22.0 Å². The van der Waals surface area contributed by atoms with Gasteiger partial charge in [-0.3, -0.25) is 4.79 Å². The van der Waals surface area contributed by atoms with Crippen molar-refractivity contribution < 1.29 is 36.1 Å². The van der Waals surface area contributed by atoms with E-state index in [0.717, 1.165) is 16.7 Å². The lowest BCUT2D eigenvalue weighted by molar-refractivity contribution is -0.363. The first-order chi connectivity index (χ1) is 17.9. The summed E-state index contributed by atoms with van der Waals surface area (Å²) in [5.41, 5.74) is -2.71. The molecule has 4 unspecified atom stereocenters. The molecule has 0 aliphatic heterocycles. The number of allylic oxidation sites excluding steroid dienone is 7. The Bertz CT molecular complexity index is 1360. The number of carbonyl (C=O) groups excluding carboxylic acids is 1. The molecule has 2 N–H and O–H groups in total. The van der Waals surface area contributed by atoms with Crippen LogP contribution in [0.2, 0.25) is 0 Å². The highest BCUT2D eigenvalue weighted by Crippen LogP contribution is 2.71. The van der Waals surface area contributed by atoms with E-state index in [0.29, 0.717) is 37.0 Å². The fraction of sp³-hybridized carbons (Fsp3) is 0.643. The monoisotopic (exact) mass is 685 g/mol. The van der Waals surface area contributed by atoms with Crippen molar-refractivity contribution >= 4 is 36.5 Å². The minimum atomic E-state index is -5.89. The number of ketones is 1. The molecule has 11 heteroatoms. The zero-order valence-electron chi connectivity index (χ0n) is 21.8. The van der Waals surface area contributed by atoms with Gasteiger partial charge < -0.3 is 5.11 Å². The second-order valence-electron chi connectivity index (χ2n) is 12.2. The largest absolute Gasteiger partial charge is 0.456 e. The summed E-state index contributed by atoms with van der Waals surface area (Å²) in [7, 11) is 0. The van der Waals surface area contributed by atoms with E-state index < -0.39 is 73.0 Å². The molecule has 7 atom stereocenters. The van der Waals surface area contributed by atoms with Crippen molar-refractivity contribution in [1.29, 1.82) is 4.78 Å². The Morgan fingerprint density at radius 3 is 2.44 bits per heavy atom. The Hall–Kier alpha value is -1.21. The van der Waals surface area contributed by atoms with E-state index in [-0.39, 0.29) is 24.5 Å². The van der Waals surface area contributed by atoms with Crippen molar-refractivity contribution in [2.24, 2.45) is 28.6 Å². The normalized spacial score (nSPS) is 40.3. The second kappa shape index (κ2) is 9.14. The third kappa shape index (κ3) is 4.13. The van der Waals surface area contributed by atoms with Crippen LogP contribution in [-0.4, -0.2) is 37.3 Å². The maximum atomic E-state index is 15.1. The van der Waals surface area contributed by atoms with Crippen LogP contribution in [0.3, 0.4) is 0 Å². The highest BCUT2D eigenvalue weighted by molar-refractivity contribution is 14.2. The third-order valence-corrected chi connectivity index (χ3v) is 15.8. The number of alkyl halides is 5. The van der Waals surface area contributed by atoms with E-state index in [1.165, 1.54) is 6.92 Å². The third-order valence-electron chi connectivity index (χ3n) is 10.4. The van der Waals surface area contributed by atoms with Crippen LogP contribution in [-0.2, 0) is 11.7 Å². The molecule has 5 rings (SSSR count). The Morgan fingerprint density at radius 2 is 1.85 bits per heavy atom. The Balaban J connectivity index is 1.67. The number of hydrogen-bond acceptors (Lipinski definition) is 4. The van der Waals surface area contributed by atoms with Crippen LogP contribution in [0.1, 0.15) is 65.2 Å². The topological polar surface area (TPSA) is 78.2 Å². The molecule has 2 fully saturated rings. The SMILES string of the molecule is C=IS(=N)(=O)C1=CCC(C)([C@H]2C[C@@]3(C)C(CC[C@@]3(O)C(F)(F)C(F)(F)F)C3CCC4=CC(=O)CCC4=C32)C=C1. The molecule has 0 saturated heterocycles. The molecule has 4 nitrogen and oxygen atoms in total. The average molecular weight is 686 g/mol. The lowest BCUT2D eigenvalue weighted by atomic mass is 9.47. The average Bonchev–Trinajstić information content (AvgIpc) is 3.14. The first-order valence-electron chi connectivity index (χ1n) is 13.1. The number of aliphatic hydroxyl groups is 1. The number of fused-ring (bicyclic) bond motifs is 4. The number of halogens is 6. The van der Waals surface area contributed by atoms with Crippen molar-refractivity contribution in [1.82, 2.24) is 0 Å². The maximum absolute atomic E-state index is 15.1. The number of nitrogens with one attached hydrogen (secondary N) is 1. The second-order valence-corrected chi connectivity index (χ2v) is 19.5. The summed E-state index contributed by atoms with van der Waals surface area (Å²) in [5, 5.41) is 11.4. The predicted octanol–water partition coefficient (Wildman–Crippen LogP) is 7.56. The van der Waals surface area contributed by atoms with E-state index in [2.05, 4.69) is 4.51 Å². The lowest BCUT2D eigenvalue weighted by Gasteiger charge is -2.58. The first kappa shape index (κ1) is 29.3. The lowest BCUT2D eigenvalue weighted by Crippen LogP contribution is -2.66. The molecule has 0 aromatic carbocycles. The van der Waals surface area contributed by atoms with E-state index in [9.17, 15) is 27.3 Å². The van der Waals surface area contributed by atoms with Gasteiger partial charge in [-0.15, -0.1) is 0 Å². The summed E-state index contributed by atoms with van der Waals surface area (Å²) < 4.78 is 96.1. The molecule has 216 valence electrons. The minimum Gasteiger partial charge on any atom is -0.383 e. The van der Waals surface area contributed by atoms with Gasteiger partial charge >= 0.3 is 12.1 Å². The highest BCUT2D eigenvalue weighted by Gasteiger charge is 2.79. The van der Waals surface area contributed by atoms with Gasteiger partial charge in [0.15, 0.2) is 5.78 Å². The van der Waals surface area contributed by atoms with Crippen LogP contribution in [0.15, 0.2) is 45.9 Å². The standard InChI is InChI=1S/C28H33F5INO3S/c1-24(11-8-18(9-12-24)39(35,38)34-3)22-15-25(2)21(10-13-26(25,37)27(29,30)28(31,32)33)20-6-4-16-14-17(36)5-7-19(16)23(20)22/h8-9,11,14,20-22,35,37H,3-7,10,12-13,15H2,1-2H3/t20?,21?,22-,24?,25-,26-,39?/m0/s1. The van der Waals surface area contributed by atoms with Crippen LogP contribution in [0.5, 0.6) is 0 Å². The van der Waals surface area contributed by atoms with Gasteiger partial charge in [-0.25, -0.2) is 8.99 Å². The first-order valence-corrected chi connectivity index (χ1v) is 18.8. The maximum Gasteiger partial charge on any atom is 0.456 e. The molecule has 0 bridgehead atoms. The molecule has 0 spiro atoms. The molecular formula is C28H33F5INO3S. The van der Waals surface area contributed by atoms with Gasteiger partial charge in [0.2, 0.25) is 0 Å². The predicted molar refractivity (Wildman–Crippen MR) is 149 cm³/mol. The van der Waals surface area contributed by atoms with Crippen molar-refractivity contribution in [3.63, 3.8) is 0 Å². The van der Waals surface area contributed by atoms with E-state index in [4.69, 9.17) is 4.78 Å².